The van der Waals surface area contributed by atoms with Gasteiger partial charge in [-0.3, -0.25) is 4.48 Å². The average Bonchev–Trinajstić information content (AvgIpc) is 3.27. The first-order chi connectivity index (χ1) is 15.4. The molecule has 7 nitrogen and oxygen atoms in total. The van der Waals surface area contributed by atoms with E-state index in [4.69, 9.17) is 14.2 Å². The molecule has 0 saturated carbocycles. The van der Waals surface area contributed by atoms with Crippen molar-refractivity contribution < 1.29 is 23.5 Å². The molecule has 1 atom stereocenters. The third-order valence-corrected chi connectivity index (χ3v) is 5.15. The van der Waals surface area contributed by atoms with E-state index in [1.165, 1.54) is 31.0 Å². The van der Waals surface area contributed by atoms with Crippen LogP contribution in [0.25, 0.3) is 5.57 Å². The zero-order chi connectivity index (χ0) is 24.4. The summed E-state index contributed by atoms with van der Waals surface area (Å²) in [6, 6.07) is 0. The van der Waals surface area contributed by atoms with Crippen LogP contribution < -0.4 is 4.74 Å². The van der Waals surface area contributed by atoms with Gasteiger partial charge in [0.2, 0.25) is 6.73 Å². The first-order valence-corrected chi connectivity index (χ1v) is 12.9. The highest BCUT2D eigenvalue weighted by Crippen LogP contribution is 2.30. The van der Waals surface area contributed by atoms with E-state index in [9.17, 15) is 4.79 Å². The van der Waals surface area contributed by atoms with Crippen molar-refractivity contribution in [3.8, 4) is 5.88 Å². The monoisotopic (exact) mass is 472 g/mol. The lowest BCUT2D eigenvalue weighted by molar-refractivity contribution is -0.919. The van der Waals surface area contributed by atoms with Gasteiger partial charge < -0.3 is 14.2 Å². The Morgan fingerprint density at radius 1 is 1.12 bits per heavy atom. The minimum Gasteiger partial charge on any atom is -0.475 e. The van der Waals surface area contributed by atoms with E-state index in [-0.39, 0.29) is 6.73 Å². The maximum Gasteiger partial charge on any atom is 0.512 e. The van der Waals surface area contributed by atoms with E-state index in [2.05, 4.69) is 28.8 Å². The molecule has 1 aromatic heterocycles. The Balaban J connectivity index is 0.00000227. The highest BCUT2D eigenvalue weighted by Gasteiger charge is 2.31. The van der Waals surface area contributed by atoms with Crippen LogP contribution in [0, 0.1) is 5.92 Å². The number of hydrogen-bond acceptors (Lipinski definition) is 7. The molecule has 8 heteroatoms. The molecule has 186 valence electrons. The van der Waals surface area contributed by atoms with E-state index < -0.39 is 6.16 Å². The van der Waals surface area contributed by atoms with Crippen LogP contribution in [0.3, 0.4) is 0 Å². The molecule has 2 rings (SSSR count). The number of likely N-dealkylation sites (N-methyl/N-ethyl adjacent to an activating group) is 1. The van der Waals surface area contributed by atoms with E-state index in [1.54, 1.807) is 0 Å². The fourth-order valence-corrected chi connectivity index (χ4v) is 3.57. The predicted octanol–water partition coefficient (Wildman–Crippen LogP) is 6.55. The molecule has 32 heavy (non-hydrogen) atoms. The molecule has 0 radical (unpaired) electrons. The number of nitrogens with zero attached hydrogens (tertiary/aromatic N) is 3. The molecular weight excluding hydrogens is 426 g/mol. The third-order valence-electron chi connectivity index (χ3n) is 4.64. The van der Waals surface area contributed by atoms with Crippen molar-refractivity contribution in [3.63, 3.8) is 0 Å². The molecule has 0 aromatic carbocycles. The molecule has 0 fully saturated rings. The summed E-state index contributed by atoms with van der Waals surface area (Å²) in [7, 11) is 2.08. The van der Waals surface area contributed by atoms with Gasteiger partial charge in [-0.15, -0.1) is 4.37 Å². The van der Waals surface area contributed by atoms with Crippen LogP contribution in [0.1, 0.15) is 86.3 Å². The Morgan fingerprint density at radius 3 is 2.50 bits per heavy atom. The zero-order valence-corrected chi connectivity index (χ0v) is 22.4. The molecule has 0 spiro atoms. The molecule has 0 saturated heterocycles. The molecule has 1 unspecified atom stereocenters. The van der Waals surface area contributed by atoms with Crippen LogP contribution >= 0.6 is 11.7 Å². The van der Waals surface area contributed by atoms with Gasteiger partial charge in [0.15, 0.2) is 0 Å². The summed E-state index contributed by atoms with van der Waals surface area (Å²) in [5.74, 6) is 0.915. The Morgan fingerprint density at radius 2 is 1.84 bits per heavy atom. The summed E-state index contributed by atoms with van der Waals surface area (Å²) in [5, 5.41) is 0. The molecular formula is C24H46N3O4S+. The fourth-order valence-electron chi connectivity index (χ4n) is 3.04. The molecule has 0 N–H and O–H groups in total. The van der Waals surface area contributed by atoms with Crippen molar-refractivity contribution in [3.05, 3.63) is 11.8 Å². The standard InChI is InChI=1S/C20H34N3O4S.2C2H6/c1-5-6-7-8-12-25-19-18(21-28-22-19)17-10-9-11-23(4,13-17)15-27-20(24)26-14-16(2)3;2*1-2/h10,16H,5-9,11-15H2,1-4H3;2*1-2H3/q+1;;. The SMILES string of the molecule is CC.CC.CCCCCCOc1nsnc1C1=CCC[N+](C)(COC(=O)OCC(C)C)C1. The number of ether oxygens (including phenoxy) is 3. The first kappa shape index (κ1) is 30.3. The van der Waals surface area contributed by atoms with E-state index in [0.717, 1.165) is 37.2 Å². The quantitative estimate of drug-likeness (QED) is 0.207. The smallest absolute Gasteiger partial charge is 0.475 e. The lowest BCUT2D eigenvalue weighted by Gasteiger charge is -2.36. The zero-order valence-electron chi connectivity index (χ0n) is 21.6. The molecule has 1 aromatic rings. The maximum atomic E-state index is 11.8. The number of aromatic nitrogens is 2. The number of rotatable bonds is 11. The van der Waals surface area contributed by atoms with Gasteiger partial charge in [-0.1, -0.05) is 73.8 Å². The third kappa shape index (κ3) is 11.8. The summed E-state index contributed by atoms with van der Waals surface area (Å²) >= 11 is 1.18. The second kappa shape index (κ2) is 17.8. The highest BCUT2D eigenvalue weighted by molar-refractivity contribution is 6.99. The largest absolute Gasteiger partial charge is 0.512 e. The van der Waals surface area contributed by atoms with Gasteiger partial charge in [0.1, 0.15) is 12.2 Å². The maximum absolute atomic E-state index is 11.8. The van der Waals surface area contributed by atoms with E-state index in [0.29, 0.717) is 29.5 Å². The molecule has 0 bridgehead atoms. The van der Waals surface area contributed by atoms with Crippen LogP contribution in [-0.2, 0) is 9.47 Å². The van der Waals surface area contributed by atoms with Gasteiger partial charge in [-0.05, 0) is 12.3 Å². The minimum absolute atomic E-state index is 0.277. The van der Waals surface area contributed by atoms with Crippen LogP contribution in [-0.4, -0.2) is 59.5 Å². The van der Waals surface area contributed by atoms with Crippen molar-refractivity contribution >= 4 is 23.5 Å². The summed E-state index contributed by atoms with van der Waals surface area (Å²) in [6.07, 6.45) is 7.12. The van der Waals surface area contributed by atoms with Crippen LogP contribution in [0.2, 0.25) is 0 Å². The summed E-state index contributed by atoms with van der Waals surface area (Å²) in [6.45, 7) is 17.1. The summed E-state index contributed by atoms with van der Waals surface area (Å²) < 4.78 is 25.7. The second-order valence-corrected chi connectivity index (χ2v) is 8.60. The van der Waals surface area contributed by atoms with Gasteiger partial charge in [0.05, 0.1) is 38.5 Å². The lowest BCUT2D eigenvalue weighted by atomic mass is 10.1. The number of carbonyl (C=O) groups excluding carboxylic acids is 1. The molecule has 1 aliphatic heterocycles. The van der Waals surface area contributed by atoms with E-state index >= 15 is 0 Å². The normalized spacial score (nSPS) is 17.3. The van der Waals surface area contributed by atoms with Gasteiger partial charge >= 0.3 is 6.16 Å². The number of unbranched alkanes of at least 4 members (excludes halogenated alkanes) is 3. The molecule has 0 aliphatic carbocycles. The van der Waals surface area contributed by atoms with Gasteiger partial charge in [0.25, 0.3) is 5.88 Å². The van der Waals surface area contributed by atoms with Crippen molar-refractivity contribution in [1.29, 1.82) is 0 Å². The minimum atomic E-state index is -0.601. The first-order valence-electron chi connectivity index (χ1n) is 12.2. The van der Waals surface area contributed by atoms with Gasteiger partial charge in [-0.25, -0.2) is 4.79 Å². The van der Waals surface area contributed by atoms with E-state index in [1.807, 2.05) is 41.5 Å². The highest BCUT2D eigenvalue weighted by atomic mass is 32.1. The average molecular weight is 473 g/mol. The van der Waals surface area contributed by atoms with Crippen molar-refractivity contribution in [2.45, 2.75) is 80.6 Å². The predicted molar refractivity (Wildman–Crippen MR) is 133 cm³/mol. The number of hydrogen-bond donors (Lipinski definition) is 0. The van der Waals surface area contributed by atoms with Crippen LogP contribution in [0.5, 0.6) is 5.88 Å². The molecule has 0 amide bonds. The van der Waals surface area contributed by atoms with Crippen molar-refractivity contribution in [2.24, 2.45) is 5.92 Å². The van der Waals surface area contributed by atoms with Gasteiger partial charge in [0, 0.05) is 12.0 Å². The fraction of sp³-hybridized carbons (Fsp3) is 0.792. The number of quaternary nitrogens is 1. The van der Waals surface area contributed by atoms with Crippen LogP contribution in [0.4, 0.5) is 4.79 Å². The van der Waals surface area contributed by atoms with Crippen LogP contribution in [0.15, 0.2) is 6.08 Å². The Hall–Kier alpha value is -1.67. The second-order valence-electron chi connectivity index (χ2n) is 8.07. The Bertz CT molecular complexity index is 649. The Kier molecular flexibility index (Phi) is 16.9. The molecule has 1 aliphatic rings. The topological polar surface area (TPSA) is 70.5 Å². The van der Waals surface area contributed by atoms with Crippen molar-refractivity contribution in [1.82, 2.24) is 8.75 Å². The molecule has 2 heterocycles. The summed E-state index contributed by atoms with van der Waals surface area (Å²) in [5.41, 5.74) is 1.93. The van der Waals surface area contributed by atoms with Gasteiger partial charge in [-0.2, -0.15) is 4.37 Å². The summed E-state index contributed by atoms with van der Waals surface area (Å²) in [4.78, 5) is 11.8. The Labute approximate surface area is 200 Å². The van der Waals surface area contributed by atoms with Crippen molar-refractivity contribution in [2.75, 3.05) is 40.1 Å². The number of carbonyl (C=O) groups is 1. The lowest BCUT2D eigenvalue weighted by Crippen LogP contribution is -2.49.